The second-order valence-corrected chi connectivity index (χ2v) is 5.58. The minimum atomic E-state index is 0.603. The lowest BCUT2D eigenvalue weighted by Crippen LogP contribution is -2.34. The van der Waals surface area contributed by atoms with Crippen LogP contribution in [0.3, 0.4) is 0 Å². The third kappa shape index (κ3) is 3.58. The van der Waals surface area contributed by atoms with Crippen LogP contribution >= 0.6 is 11.3 Å². The van der Waals surface area contributed by atoms with Gasteiger partial charge in [0.25, 0.3) is 0 Å². The van der Waals surface area contributed by atoms with Gasteiger partial charge in [-0.15, -0.1) is 11.3 Å². The molecule has 0 radical (unpaired) electrons. The highest BCUT2D eigenvalue weighted by molar-refractivity contribution is 7.09. The number of thiophene rings is 1. The highest BCUT2D eigenvalue weighted by atomic mass is 32.1. The Hall–Kier alpha value is -0.380. The SMILES string of the molecule is CC(NCCCc1cccs1)C1CCOC1. The van der Waals surface area contributed by atoms with E-state index in [1.807, 2.05) is 11.3 Å². The summed E-state index contributed by atoms with van der Waals surface area (Å²) in [4.78, 5) is 1.50. The van der Waals surface area contributed by atoms with E-state index in [1.54, 1.807) is 0 Å². The molecule has 1 saturated heterocycles. The molecule has 0 saturated carbocycles. The van der Waals surface area contributed by atoms with Crippen molar-refractivity contribution in [2.24, 2.45) is 5.92 Å². The van der Waals surface area contributed by atoms with E-state index >= 15 is 0 Å². The number of nitrogens with one attached hydrogen (secondary N) is 1. The summed E-state index contributed by atoms with van der Waals surface area (Å²) in [6.45, 7) is 5.30. The Balaban J connectivity index is 1.57. The van der Waals surface area contributed by atoms with Crippen molar-refractivity contribution in [1.82, 2.24) is 5.32 Å². The van der Waals surface area contributed by atoms with Crippen LogP contribution in [0.25, 0.3) is 0 Å². The summed E-state index contributed by atoms with van der Waals surface area (Å²) in [5.74, 6) is 0.724. The van der Waals surface area contributed by atoms with E-state index in [1.165, 1.54) is 24.1 Å². The highest BCUT2D eigenvalue weighted by Gasteiger charge is 2.21. The molecular formula is C13H21NOS. The maximum atomic E-state index is 5.41. The van der Waals surface area contributed by atoms with E-state index in [0.29, 0.717) is 6.04 Å². The molecule has 2 nitrogen and oxygen atoms in total. The summed E-state index contributed by atoms with van der Waals surface area (Å²) in [6.07, 6.45) is 3.66. The van der Waals surface area contributed by atoms with E-state index in [0.717, 1.165) is 25.7 Å². The Bertz CT molecular complexity index is 280. The number of hydrogen-bond acceptors (Lipinski definition) is 3. The Morgan fingerprint density at radius 3 is 3.25 bits per heavy atom. The van der Waals surface area contributed by atoms with Gasteiger partial charge in [0.2, 0.25) is 0 Å². The zero-order valence-corrected chi connectivity index (χ0v) is 10.8. The van der Waals surface area contributed by atoms with Crippen molar-refractivity contribution in [1.29, 1.82) is 0 Å². The first-order chi connectivity index (χ1) is 7.86. The number of hydrogen-bond donors (Lipinski definition) is 1. The lowest BCUT2D eigenvalue weighted by atomic mass is 10.0. The lowest BCUT2D eigenvalue weighted by Gasteiger charge is -2.18. The van der Waals surface area contributed by atoms with Crippen molar-refractivity contribution < 1.29 is 4.74 Å². The molecule has 0 aliphatic carbocycles. The van der Waals surface area contributed by atoms with Gasteiger partial charge in [0.05, 0.1) is 6.61 Å². The predicted octanol–water partition coefficient (Wildman–Crippen LogP) is 2.70. The van der Waals surface area contributed by atoms with E-state index < -0.39 is 0 Å². The van der Waals surface area contributed by atoms with Gasteiger partial charge in [-0.2, -0.15) is 0 Å². The van der Waals surface area contributed by atoms with Gasteiger partial charge in [-0.25, -0.2) is 0 Å². The molecule has 1 aromatic heterocycles. The quantitative estimate of drug-likeness (QED) is 0.771. The van der Waals surface area contributed by atoms with Crippen molar-refractivity contribution >= 4 is 11.3 Å². The van der Waals surface area contributed by atoms with Gasteiger partial charge in [0.1, 0.15) is 0 Å². The van der Waals surface area contributed by atoms with Gasteiger partial charge < -0.3 is 10.1 Å². The smallest absolute Gasteiger partial charge is 0.0509 e. The Morgan fingerprint density at radius 2 is 2.56 bits per heavy atom. The fourth-order valence-corrected chi connectivity index (χ4v) is 2.91. The Kier molecular flexibility index (Phi) is 4.82. The Morgan fingerprint density at radius 1 is 1.62 bits per heavy atom. The maximum Gasteiger partial charge on any atom is 0.0509 e. The second-order valence-electron chi connectivity index (χ2n) is 4.55. The minimum Gasteiger partial charge on any atom is -0.381 e. The number of aryl methyl sites for hydroxylation is 1. The molecule has 2 atom stereocenters. The first kappa shape index (κ1) is 12.1. The lowest BCUT2D eigenvalue weighted by molar-refractivity contribution is 0.178. The molecule has 1 aliphatic heterocycles. The Labute approximate surface area is 102 Å². The number of rotatable bonds is 6. The van der Waals surface area contributed by atoms with Gasteiger partial charge in [0, 0.05) is 17.5 Å². The molecule has 1 aromatic rings. The van der Waals surface area contributed by atoms with E-state index in [9.17, 15) is 0 Å². The van der Waals surface area contributed by atoms with Gasteiger partial charge >= 0.3 is 0 Å². The molecule has 2 unspecified atom stereocenters. The highest BCUT2D eigenvalue weighted by Crippen LogP contribution is 2.16. The van der Waals surface area contributed by atoms with Crippen LogP contribution in [0.2, 0.25) is 0 Å². The summed E-state index contributed by atoms with van der Waals surface area (Å²) in [5, 5.41) is 5.77. The van der Waals surface area contributed by atoms with Crippen LogP contribution < -0.4 is 5.32 Å². The van der Waals surface area contributed by atoms with Gasteiger partial charge in [-0.3, -0.25) is 0 Å². The molecule has 1 fully saturated rings. The van der Waals surface area contributed by atoms with Crippen LogP contribution in [0.15, 0.2) is 17.5 Å². The molecule has 1 aliphatic rings. The maximum absolute atomic E-state index is 5.41. The molecule has 1 N–H and O–H groups in total. The van der Waals surface area contributed by atoms with Crippen LogP contribution in [0, 0.1) is 5.92 Å². The van der Waals surface area contributed by atoms with Crippen LogP contribution in [0.5, 0.6) is 0 Å². The minimum absolute atomic E-state index is 0.603. The molecular weight excluding hydrogens is 218 g/mol. The van der Waals surface area contributed by atoms with Crippen LogP contribution in [0.1, 0.15) is 24.6 Å². The molecule has 90 valence electrons. The average molecular weight is 239 g/mol. The fraction of sp³-hybridized carbons (Fsp3) is 0.692. The second kappa shape index (κ2) is 6.38. The standard InChI is InChI=1S/C13H21NOS/c1-11(12-6-8-15-10-12)14-7-2-4-13-5-3-9-16-13/h3,5,9,11-12,14H,2,4,6-8,10H2,1H3. The predicted molar refractivity (Wildman–Crippen MR) is 69.0 cm³/mol. The third-order valence-corrected chi connectivity index (χ3v) is 4.25. The molecule has 0 bridgehead atoms. The van der Waals surface area contributed by atoms with Crippen LogP contribution in [0.4, 0.5) is 0 Å². The monoisotopic (exact) mass is 239 g/mol. The largest absolute Gasteiger partial charge is 0.381 e. The van der Waals surface area contributed by atoms with E-state index in [4.69, 9.17) is 4.74 Å². The van der Waals surface area contributed by atoms with Crippen LogP contribution in [-0.2, 0) is 11.2 Å². The van der Waals surface area contributed by atoms with Gasteiger partial charge in [-0.1, -0.05) is 6.07 Å². The summed E-state index contributed by atoms with van der Waals surface area (Å²) >= 11 is 1.86. The van der Waals surface area contributed by atoms with Crippen molar-refractivity contribution in [3.8, 4) is 0 Å². The van der Waals surface area contributed by atoms with Crippen molar-refractivity contribution in [3.05, 3.63) is 22.4 Å². The summed E-state index contributed by atoms with van der Waals surface area (Å²) in [5.41, 5.74) is 0. The van der Waals surface area contributed by atoms with Crippen molar-refractivity contribution in [3.63, 3.8) is 0 Å². The first-order valence-corrected chi connectivity index (χ1v) is 7.08. The van der Waals surface area contributed by atoms with Crippen molar-refractivity contribution in [2.45, 2.75) is 32.2 Å². The van der Waals surface area contributed by atoms with Gasteiger partial charge in [-0.05, 0) is 50.1 Å². The summed E-state index contributed by atoms with van der Waals surface area (Å²) in [7, 11) is 0. The molecule has 2 heterocycles. The van der Waals surface area contributed by atoms with Crippen molar-refractivity contribution in [2.75, 3.05) is 19.8 Å². The normalized spacial score (nSPS) is 22.4. The molecule has 0 amide bonds. The molecule has 0 aromatic carbocycles. The summed E-state index contributed by atoms with van der Waals surface area (Å²) in [6, 6.07) is 4.95. The third-order valence-electron chi connectivity index (χ3n) is 3.32. The van der Waals surface area contributed by atoms with E-state index in [-0.39, 0.29) is 0 Å². The summed E-state index contributed by atoms with van der Waals surface area (Å²) < 4.78 is 5.41. The average Bonchev–Trinajstić information content (AvgIpc) is 2.96. The van der Waals surface area contributed by atoms with Crippen LogP contribution in [-0.4, -0.2) is 25.8 Å². The van der Waals surface area contributed by atoms with E-state index in [2.05, 4.69) is 29.8 Å². The zero-order chi connectivity index (χ0) is 11.2. The molecule has 0 spiro atoms. The fourth-order valence-electron chi connectivity index (χ4n) is 2.16. The van der Waals surface area contributed by atoms with Gasteiger partial charge in [0.15, 0.2) is 0 Å². The molecule has 3 heteroatoms. The topological polar surface area (TPSA) is 21.3 Å². The molecule has 16 heavy (non-hydrogen) atoms. The molecule has 2 rings (SSSR count). The zero-order valence-electron chi connectivity index (χ0n) is 9.95. The number of ether oxygens (including phenoxy) is 1. The first-order valence-electron chi connectivity index (χ1n) is 6.20.